The van der Waals surface area contributed by atoms with Gasteiger partial charge in [-0.2, -0.15) is 15.3 Å². The first kappa shape index (κ1) is 19.7. The van der Waals surface area contributed by atoms with Crippen LogP contribution in [0.3, 0.4) is 0 Å². The Morgan fingerprint density at radius 1 is 1.29 bits per heavy atom. The van der Waals surface area contributed by atoms with E-state index in [0.29, 0.717) is 0 Å². The molecule has 2 atom stereocenters. The molecule has 1 aromatic carbocycles. The number of fused-ring (bicyclic) bond motifs is 1. The molecule has 0 spiro atoms. The van der Waals surface area contributed by atoms with Crippen molar-refractivity contribution in [1.82, 2.24) is 20.4 Å². The van der Waals surface area contributed by atoms with Gasteiger partial charge in [-0.15, -0.1) is 0 Å². The van der Waals surface area contributed by atoms with E-state index >= 15 is 0 Å². The minimum atomic E-state index is -0.582. The van der Waals surface area contributed by atoms with E-state index in [-0.39, 0.29) is 17.6 Å². The van der Waals surface area contributed by atoms with Crippen LogP contribution in [0.25, 0.3) is 11.1 Å². The van der Waals surface area contributed by atoms with Crippen molar-refractivity contribution in [3.8, 4) is 11.1 Å². The van der Waals surface area contributed by atoms with Gasteiger partial charge >= 0.3 is 0 Å². The highest BCUT2D eigenvalue weighted by molar-refractivity contribution is 6.00. The van der Waals surface area contributed by atoms with E-state index in [1.165, 1.54) is 0 Å². The zero-order chi connectivity index (χ0) is 22.0. The van der Waals surface area contributed by atoms with Crippen LogP contribution in [0.1, 0.15) is 44.9 Å². The number of nitrogens with zero attached hydrogens (tertiary/aromatic N) is 4. The average molecular weight is 417 g/mol. The van der Waals surface area contributed by atoms with E-state index in [2.05, 4.69) is 77.9 Å². The highest BCUT2D eigenvalue weighted by Gasteiger charge is 2.53. The summed E-state index contributed by atoms with van der Waals surface area (Å²) in [7, 11) is 1.95. The minimum absolute atomic E-state index is 0.0187. The summed E-state index contributed by atoms with van der Waals surface area (Å²) in [6.45, 7) is 8.31. The molecule has 0 saturated carbocycles. The Bertz CT molecular complexity index is 1180. The van der Waals surface area contributed by atoms with Crippen LogP contribution in [-0.2, 0) is 17.3 Å². The Labute approximate surface area is 182 Å². The van der Waals surface area contributed by atoms with Crippen molar-refractivity contribution < 1.29 is 4.79 Å². The van der Waals surface area contributed by atoms with E-state index in [1.54, 1.807) is 0 Å². The highest BCUT2D eigenvalue weighted by Crippen LogP contribution is 2.51. The summed E-state index contributed by atoms with van der Waals surface area (Å²) in [5.41, 5.74) is 6.29. The fourth-order valence-corrected chi connectivity index (χ4v) is 5.34. The number of carbonyl (C=O) groups is 1. The maximum absolute atomic E-state index is 13.5. The van der Waals surface area contributed by atoms with Crippen LogP contribution in [0.5, 0.6) is 0 Å². The molecular formula is C24H28N6O. The van der Waals surface area contributed by atoms with Crippen LogP contribution in [-0.4, -0.2) is 27.4 Å². The molecule has 0 aliphatic carbocycles. The predicted molar refractivity (Wildman–Crippen MR) is 119 cm³/mol. The Balaban J connectivity index is 1.74. The van der Waals surface area contributed by atoms with Gasteiger partial charge in [0.15, 0.2) is 6.17 Å². The van der Waals surface area contributed by atoms with Gasteiger partial charge in [0.2, 0.25) is 0 Å². The summed E-state index contributed by atoms with van der Waals surface area (Å²) in [4.78, 5) is 13.5. The number of benzene rings is 1. The van der Waals surface area contributed by atoms with Crippen LogP contribution in [0.4, 0.5) is 0 Å². The topological polar surface area (TPSA) is 83.7 Å². The number of hydrogen-bond acceptors (Lipinski definition) is 5. The first-order chi connectivity index (χ1) is 14.8. The SMILES string of the molecule is CC[C@]1(c2cccc(-c3cnn(C)c3C)c2)C2=CN=NC2NC2=C1C(=O)NC(C)(C)C2. The second-order valence-electron chi connectivity index (χ2n) is 9.34. The van der Waals surface area contributed by atoms with Crippen molar-refractivity contribution in [2.75, 3.05) is 0 Å². The lowest BCUT2D eigenvalue weighted by atomic mass is 9.62. The lowest BCUT2D eigenvalue weighted by molar-refractivity contribution is -0.120. The van der Waals surface area contributed by atoms with Crippen LogP contribution in [0.2, 0.25) is 0 Å². The monoisotopic (exact) mass is 416 g/mol. The van der Waals surface area contributed by atoms with Crippen molar-refractivity contribution in [1.29, 1.82) is 0 Å². The van der Waals surface area contributed by atoms with Gasteiger partial charge in [-0.1, -0.05) is 25.1 Å². The summed E-state index contributed by atoms with van der Waals surface area (Å²) in [5.74, 6) is -0.0187. The fraction of sp³-hybridized carbons (Fsp3) is 0.417. The van der Waals surface area contributed by atoms with Crippen molar-refractivity contribution in [3.63, 3.8) is 0 Å². The molecule has 2 N–H and O–H groups in total. The minimum Gasteiger partial charge on any atom is -0.362 e. The number of rotatable bonds is 3. The van der Waals surface area contributed by atoms with Gasteiger partial charge in [0.25, 0.3) is 5.91 Å². The third-order valence-corrected chi connectivity index (χ3v) is 6.94. The highest BCUT2D eigenvalue weighted by atomic mass is 16.2. The Kier molecular flexibility index (Phi) is 4.22. The van der Waals surface area contributed by atoms with Gasteiger partial charge in [-0.25, -0.2) is 0 Å². The van der Waals surface area contributed by atoms with E-state index in [0.717, 1.165) is 52.1 Å². The third kappa shape index (κ3) is 2.79. The molecule has 0 fully saturated rings. The summed E-state index contributed by atoms with van der Waals surface area (Å²) in [6, 6.07) is 8.50. The molecule has 3 aliphatic rings. The smallest absolute Gasteiger partial charge is 0.250 e. The molecular weight excluding hydrogens is 388 g/mol. The number of aromatic nitrogens is 2. The van der Waals surface area contributed by atoms with Crippen molar-refractivity contribution in [2.45, 2.75) is 57.7 Å². The van der Waals surface area contributed by atoms with Crippen LogP contribution < -0.4 is 10.6 Å². The molecule has 1 aromatic heterocycles. The summed E-state index contributed by atoms with van der Waals surface area (Å²) in [5, 5.41) is 19.8. The second-order valence-corrected chi connectivity index (χ2v) is 9.34. The van der Waals surface area contributed by atoms with Gasteiger partial charge in [0.1, 0.15) is 0 Å². The predicted octanol–water partition coefficient (Wildman–Crippen LogP) is 3.87. The Morgan fingerprint density at radius 2 is 2.10 bits per heavy atom. The van der Waals surface area contributed by atoms with E-state index in [9.17, 15) is 4.79 Å². The van der Waals surface area contributed by atoms with Gasteiger partial charge in [0.05, 0.1) is 23.4 Å². The number of amides is 1. The van der Waals surface area contributed by atoms with Gasteiger partial charge in [-0.3, -0.25) is 9.48 Å². The maximum atomic E-state index is 13.5. The lowest BCUT2D eigenvalue weighted by Gasteiger charge is -2.48. The van der Waals surface area contributed by atoms with Gasteiger partial charge < -0.3 is 10.6 Å². The Morgan fingerprint density at radius 3 is 2.81 bits per heavy atom. The second kappa shape index (κ2) is 6.64. The van der Waals surface area contributed by atoms with E-state index < -0.39 is 5.41 Å². The molecule has 31 heavy (non-hydrogen) atoms. The van der Waals surface area contributed by atoms with Crippen LogP contribution in [0.15, 0.2) is 63.7 Å². The first-order valence-electron chi connectivity index (χ1n) is 10.8. The molecule has 1 amide bonds. The van der Waals surface area contributed by atoms with Crippen molar-refractivity contribution in [2.24, 2.45) is 17.3 Å². The molecule has 7 nitrogen and oxygen atoms in total. The van der Waals surface area contributed by atoms with E-state index in [1.807, 2.05) is 24.1 Å². The molecule has 7 heteroatoms. The largest absolute Gasteiger partial charge is 0.362 e. The standard InChI is InChI=1S/C24H28N6O/c1-6-24(16-9-7-8-15(10-16)17-12-26-30(5)14(17)2)18-13-25-29-21(18)27-19-11-23(3,4)28-22(31)20(19)24/h7-10,12-13,21,27H,6,11H2,1-5H3,(H,28,31)/t21?,24-/m0/s1. The molecule has 1 unspecified atom stereocenters. The number of aryl methyl sites for hydroxylation is 1. The Hall–Kier alpha value is -3.22. The third-order valence-electron chi connectivity index (χ3n) is 6.94. The molecule has 160 valence electrons. The summed E-state index contributed by atoms with van der Waals surface area (Å²) >= 11 is 0. The molecule has 4 heterocycles. The normalized spacial score (nSPS) is 26.2. The number of carbonyl (C=O) groups excluding carboxylic acids is 1. The van der Waals surface area contributed by atoms with E-state index in [4.69, 9.17) is 0 Å². The number of nitrogens with one attached hydrogen (secondary N) is 2. The molecule has 0 radical (unpaired) electrons. The number of hydrogen-bond donors (Lipinski definition) is 2. The zero-order valence-corrected chi connectivity index (χ0v) is 18.7. The molecule has 0 saturated heterocycles. The maximum Gasteiger partial charge on any atom is 0.250 e. The zero-order valence-electron chi connectivity index (χ0n) is 18.7. The van der Waals surface area contributed by atoms with Crippen LogP contribution in [0, 0.1) is 6.92 Å². The summed E-state index contributed by atoms with van der Waals surface area (Å²) in [6.07, 6.45) is 4.98. The molecule has 0 bridgehead atoms. The average Bonchev–Trinajstić information content (AvgIpc) is 3.32. The summed E-state index contributed by atoms with van der Waals surface area (Å²) < 4.78 is 1.88. The van der Waals surface area contributed by atoms with Crippen molar-refractivity contribution in [3.05, 3.63) is 64.8 Å². The molecule has 2 aromatic rings. The lowest BCUT2D eigenvalue weighted by Crippen LogP contribution is -2.58. The van der Waals surface area contributed by atoms with Crippen molar-refractivity contribution >= 4 is 5.91 Å². The molecule has 5 rings (SSSR count). The fourth-order valence-electron chi connectivity index (χ4n) is 5.34. The quantitative estimate of drug-likeness (QED) is 0.797. The van der Waals surface area contributed by atoms with Gasteiger partial charge in [-0.05, 0) is 44.4 Å². The van der Waals surface area contributed by atoms with Crippen LogP contribution >= 0.6 is 0 Å². The number of azo groups is 1. The van der Waals surface area contributed by atoms with Gasteiger partial charge in [0, 0.05) is 41.5 Å². The molecule has 3 aliphatic heterocycles. The first-order valence-corrected chi connectivity index (χ1v) is 10.8.